The molecule has 0 rings (SSSR count). The van der Waals surface area contributed by atoms with E-state index < -0.39 is 8.40 Å². The van der Waals surface area contributed by atoms with Gasteiger partial charge in [-0.15, -0.1) is 0 Å². The predicted molar refractivity (Wildman–Crippen MR) is 67.9 cm³/mol. The summed E-state index contributed by atoms with van der Waals surface area (Å²) in [4.78, 5) is 3.80. The highest BCUT2D eigenvalue weighted by atomic mass is 28.3. The molecule has 0 aromatic rings. The van der Waals surface area contributed by atoms with Crippen molar-refractivity contribution in [3.8, 4) is 0 Å². The largest absolute Gasteiger partial charge is 0.325 e. The molecule has 86 valence electrons. The molecule has 3 heteroatoms. The summed E-state index contributed by atoms with van der Waals surface area (Å²) in [6.07, 6.45) is 1.27. The molecule has 2 nitrogen and oxygen atoms in total. The lowest BCUT2D eigenvalue weighted by Crippen LogP contribution is -2.66. The van der Waals surface area contributed by atoms with Crippen LogP contribution in [-0.4, -0.2) is 33.6 Å². The quantitative estimate of drug-likeness (QED) is 0.711. The minimum absolute atomic E-state index is 0.391. The average molecular weight is 216 g/mol. The zero-order valence-corrected chi connectivity index (χ0v) is 12.1. The molecule has 0 fully saturated rings. The van der Waals surface area contributed by atoms with E-state index in [1.807, 2.05) is 0 Å². The van der Waals surface area contributed by atoms with Crippen molar-refractivity contribution in [2.75, 3.05) is 20.6 Å². The SMILES string of the molecule is CCC[Si](NCC)(N(C)C)C(C)(C)C. The Morgan fingerprint density at radius 3 is 1.86 bits per heavy atom. The van der Waals surface area contributed by atoms with Gasteiger partial charge in [-0.3, -0.25) is 0 Å². The second-order valence-corrected chi connectivity index (χ2v) is 10.3. The van der Waals surface area contributed by atoms with E-state index in [-0.39, 0.29) is 0 Å². The molecule has 1 N–H and O–H groups in total. The topological polar surface area (TPSA) is 15.3 Å². The van der Waals surface area contributed by atoms with Crippen LogP contribution in [0.25, 0.3) is 0 Å². The summed E-state index contributed by atoms with van der Waals surface area (Å²) in [5, 5.41) is 0.391. The monoisotopic (exact) mass is 216 g/mol. The van der Waals surface area contributed by atoms with Crippen LogP contribution in [0, 0.1) is 0 Å². The van der Waals surface area contributed by atoms with E-state index in [2.05, 4.69) is 58.3 Å². The number of hydrogen-bond donors (Lipinski definition) is 1. The first-order chi connectivity index (χ1) is 6.31. The van der Waals surface area contributed by atoms with Crippen LogP contribution in [0.5, 0.6) is 0 Å². The average Bonchev–Trinajstić information content (AvgIpc) is 2.01. The van der Waals surface area contributed by atoms with Gasteiger partial charge in [0.05, 0.1) is 0 Å². The lowest BCUT2D eigenvalue weighted by molar-refractivity contribution is 0.504. The zero-order chi connectivity index (χ0) is 11.4. The van der Waals surface area contributed by atoms with Crippen LogP contribution in [0.2, 0.25) is 11.1 Å². The fourth-order valence-electron chi connectivity index (χ4n) is 2.44. The molecule has 0 bridgehead atoms. The van der Waals surface area contributed by atoms with Gasteiger partial charge in [0, 0.05) is 0 Å². The molecule has 0 radical (unpaired) electrons. The van der Waals surface area contributed by atoms with E-state index in [9.17, 15) is 0 Å². The van der Waals surface area contributed by atoms with Gasteiger partial charge in [-0.1, -0.05) is 41.0 Å². The second kappa shape index (κ2) is 5.28. The molecule has 0 aromatic carbocycles. The van der Waals surface area contributed by atoms with E-state index >= 15 is 0 Å². The Hall–Kier alpha value is 0.137. The maximum absolute atomic E-state index is 3.80. The normalized spacial score (nSPS) is 17.1. The lowest BCUT2D eigenvalue weighted by atomic mass is 10.2. The minimum atomic E-state index is -1.49. The Bertz CT molecular complexity index is 155. The van der Waals surface area contributed by atoms with Gasteiger partial charge in [-0.05, 0) is 31.7 Å². The van der Waals surface area contributed by atoms with Crippen molar-refractivity contribution < 1.29 is 0 Å². The van der Waals surface area contributed by atoms with Crippen LogP contribution >= 0.6 is 0 Å². The maximum Gasteiger partial charge on any atom is 0.209 e. The Morgan fingerprint density at radius 2 is 1.64 bits per heavy atom. The van der Waals surface area contributed by atoms with Crippen LogP contribution in [0.3, 0.4) is 0 Å². The molecule has 0 aliphatic rings. The van der Waals surface area contributed by atoms with Crippen LogP contribution < -0.4 is 4.98 Å². The van der Waals surface area contributed by atoms with Gasteiger partial charge in [-0.25, -0.2) is 0 Å². The molecule has 0 saturated carbocycles. The van der Waals surface area contributed by atoms with Crippen LogP contribution in [-0.2, 0) is 0 Å². The summed E-state index contributed by atoms with van der Waals surface area (Å²) in [5.41, 5.74) is 0. The molecule has 1 atom stereocenters. The fraction of sp³-hybridized carbons (Fsp3) is 1.00. The highest BCUT2D eigenvalue weighted by Crippen LogP contribution is 2.38. The number of nitrogens with one attached hydrogen (secondary N) is 1. The summed E-state index contributed by atoms with van der Waals surface area (Å²) in [6, 6.07) is 1.33. The molecule has 0 heterocycles. The fourth-order valence-corrected chi connectivity index (χ4v) is 7.31. The van der Waals surface area contributed by atoms with Crippen LogP contribution in [0.4, 0.5) is 0 Å². The van der Waals surface area contributed by atoms with E-state index in [4.69, 9.17) is 0 Å². The Balaban J connectivity index is 4.94. The van der Waals surface area contributed by atoms with E-state index in [1.54, 1.807) is 0 Å². The summed E-state index contributed by atoms with van der Waals surface area (Å²) in [6.45, 7) is 12.7. The van der Waals surface area contributed by atoms with E-state index in [0.717, 1.165) is 6.54 Å². The zero-order valence-electron chi connectivity index (χ0n) is 11.1. The molecule has 1 unspecified atom stereocenters. The van der Waals surface area contributed by atoms with E-state index in [0.29, 0.717) is 5.04 Å². The number of rotatable bonds is 5. The van der Waals surface area contributed by atoms with Crippen molar-refractivity contribution >= 4 is 8.40 Å². The smallest absolute Gasteiger partial charge is 0.209 e. The second-order valence-electron chi connectivity index (χ2n) is 5.29. The number of hydrogen-bond acceptors (Lipinski definition) is 2. The van der Waals surface area contributed by atoms with Crippen molar-refractivity contribution in [1.82, 2.24) is 9.55 Å². The molecule has 0 amide bonds. The van der Waals surface area contributed by atoms with Gasteiger partial charge in [0.15, 0.2) is 0 Å². The molecule has 0 aliphatic carbocycles. The first kappa shape index (κ1) is 14.1. The van der Waals surface area contributed by atoms with Crippen molar-refractivity contribution in [3.05, 3.63) is 0 Å². The first-order valence-corrected chi connectivity index (χ1v) is 7.89. The maximum atomic E-state index is 3.80. The summed E-state index contributed by atoms with van der Waals surface area (Å²) in [5.74, 6) is 0. The van der Waals surface area contributed by atoms with E-state index in [1.165, 1.54) is 12.5 Å². The summed E-state index contributed by atoms with van der Waals surface area (Å²) < 4.78 is 2.47. The summed E-state index contributed by atoms with van der Waals surface area (Å²) in [7, 11) is 2.97. The van der Waals surface area contributed by atoms with Gasteiger partial charge in [0.2, 0.25) is 8.40 Å². The molecular weight excluding hydrogens is 188 g/mol. The number of nitrogens with zero attached hydrogens (tertiary/aromatic N) is 1. The van der Waals surface area contributed by atoms with Crippen LogP contribution in [0.15, 0.2) is 0 Å². The standard InChI is InChI=1S/C11H28N2Si/c1-8-10-14(12-9-2,13(6)7)11(3,4)5/h12H,8-10H2,1-7H3. The summed E-state index contributed by atoms with van der Waals surface area (Å²) >= 11 is 0. The van der Waals surface area contributed by atoms with Crippen molar-refractivity contribution in [2.45, 2.75) is 52.1 Å². The molecule has 0 aliphatic heterocycles. The molecule has 14 heavy (non-hydrogen) atoms. The van der Waals surface area contributed by atoms with Crippen molar-refractivity contribution in [3.63, 3.8) is 0 Å². The molecule has 0 spiro atoms. The van der Waals surface area contributed by atoms with Gasteiger partial charge in [0.25, 0.3) is 0 Å². The van der Waals surface area contributed by atoms with Gasteiger partial charge in [-0.2, -0.15) is 0 Å². The third-order valence-corrected chi connectivity index (χ3v) is 9.26. The lowest BCUT2D eigenvalue weighted by Gasteiger charge is -2.47. The Labute approximate surface area is 91.2 Å². The molecular formula is C11H28N2Si. The molecule has 0 aromatic heterocycles. The predicted octanol–water partition coefficient (Wildman–Crippen LogP) is 2.81. The Kier molecular flexibility index (Phi) is 5.34. The Morgan fingerprint density at radius 1 is 1.14 bits per heavy atom. The third kappa shape index (κ3) is 2.81. The van der Waals surface area contributed by atoms with Gasteiger partial charge >= 0.3 is 0 Å². The third-order valence-electron chi connectivity index (χ3n) is 3.09. The van der Waals surface area contributed by atoms with Gasteiger partial charge < -0.3 is 9.55 Å². The van der Waals surface area contributed by atoms with Crippen molar-refractivity contribution in [2.24, 2.45) is 0 Å². The first-order valence-electron chi connectivity index (χ1n) is 5.74. The molecule has 0 saturated heterocycles. The highest BCUT2D eigenvalue weighted by molar-refractivity contribution is 6.77. The highest BCUT2D eigenvalue weighted by Gasteiger charge is 2.45. The van der Waals surface area contributed by atoms with Crippen molar-refractivity contribution in [1.29, 1.82) is 0 Å². The van der Waals surface area contributed by atoms with Crippen LogP contribution in [0.1, 0.15) is 41.0 Å². The van der Waals surface area contributed by atoms with Gasteiger partial charge in [0.1, 0.15) is 0 Å². The minimum Gasteiger partial charge on any atom is -0.325 e.